The van der Waals surface area contributed by atoms with E-state index >= 15 is 0 Å². The number of aliphatic imine (C=N–C) groups is 1. The quantitative estimate of drug-likeness (QED) is 0.684. The third-order valence-corrected chi connectivity index (χ3v) is 7.01. The van der Waals surface area contributed by atoms with Gasteiger partial charge in [0.15, 0.2) is 11.5 Å². The zero-order valence-electron chi connectivity index (χ0n) is 20.1. The largest absolute Gasteiger partial charge is 0.489 e. The Hall–Kier alpha value is -3.75. The fourth-order valence-corrected chi connectivity index (χ4v) is 5.23. The lowest BCUT2D eigenvalue weighted by molar-refractivity contribution is 0.0992. The standard InChI is InChI=1S/C26H30N6O3/c1-16-23(18-6-5-17-4-3-11-28-21(17)14-18)24(25(27)33)30-31-26(16)32-12-9-19(10-13-32)35-20-7-8-22(34-2)29-15-20/h3-5,7-8,11,15,18-19,21H,6,9-10,12-14H2,1-2H3,(H2,27,33). The first-order chi connectivity index (χ1) is 17.0. The summed E-state index contributed by atoms with van der Waals surface area (Å²) in [5.41, 5.74) is 9.11. The zero-order chi connectivity index (χ0) is 24.4. The van der Waals surface area contributed by atoms with Crippen molar-refractivity contribution in [2.75, 3.05) is 25.1 Å². The fraction of sp³-hybridized carbons (Fsp3) is 0.423. The van der Waals surface area contributed by atoms with Gasteiger partial charge in [0.1, 0.15) is 11.9 Å². The fourth-order valence-electron chi connectivity index (χ4n) is 5.23. The van der Waals surface area contributed by atoms with Crippen LogP contribution in [0.2, 0.25) is 0 Å². The van der Waals surface area contributed by atoms with E-state index in [4.69, 9.17) is 15.2 Å². The van der Waals surface area contributed by atoms with E-state index in [9.17, 15) is 4.79 Å². The Labute approximate surface area is 204 Å². The number of amides is 1. The van der Waals surface area contributed by atoms with Crippen molar-refractivity contribution in [2.24, 2.45) is 10.7 Å². The van der Waals surface area contributed by atoms with Crippen molar-refractivity contribution < 1.29 is 14.3 Å². The van der Waals surface area contributed by atoms with Crippen molar-refractivity contribution >= 4 is 17.9 Å². The maximum atomic E-state index is 12.3. The summed E-state index contributed by atoms with van der Waals surface area (Å²) < 4.78 is 11.2. The number of fused-ring (bicyclic) bond motifs is 1. The number of pyridine rings is 1. The van der Waals surface area contributed by atoms with Gasteiger partial charge in [0, 0.05) is 38.2 Å². The monoisotopic (exact) mass is 474 g/mol. The molecule has 3 aliphatic rings. The van der Waals surface area contributed by atoms with Crippen LogP contribution in [-0.2, 0) is 0 Å². The van der Waals surface area contributed by atoms with Gasteiger partial charge in [-0.2, -0.15) is 0 Å². The molecule has 9 nitrogen and oxygen atoms in total. The van der Waals surface area contributed by atoms with Crippen molar-refractivity contribution in [3.05, 3.63) is 59.0 Å². The lowest BCUT2D eigenvalue weighted by Gasteiger charge is -2.35. The molecule has 1 amide bonds. The number of methoxy groups -OCH3 is 1. The molecule has 1 saturated heterocycles. The molecule has 2 N–H and O–H groups in total. The maximum Gasteiger partial charge on any atom is 0.269 e. The number of ether oxygens (including phenoxy) is 2. The molecule has 0 saturated carbocycles. The van der Waals surface area contributed by atoms with Gasteiger partial charge in [0.05, 0.1) is 19.3 Å². The van der Waals surface area contributed by atoms with Gasteiger partial charge < -0.3 is 20.1 Å². The number of carbonyl (C=O) groups is 1. The number of piperidine rings is 1. The number of hydrogen-bond acceptors (Lipinski definition) is 8. The Balaban J connectivity index is 1.32. The Morgan fingerprint density at radius 1 is 1.20 bits per heavy atom. The van der Waals surface area contributed by atoms with E-state index in [1.807, 2.05) is 25.3 Å². The zero-order valence-corrected chi connectivity index (χ0v) is 20.1. The number of carbonyl (C=O) groups excluding carboxylic acids is 1. The number of nitrogens with two attached hydrogens (primary N) is 1. The van der Waals surface area contributed by atoms with E-state index in [0.29, 0.717) is 5.88 Å². The van der Waals surface area contributed by atoms with Crippen molar-refractivity contribution in [2.45, 2.75) is 50.7 Å². The Morgan fingerprint density at radius 3 is 2.74 bits per heavy atom. The lowest BCUT2D eigenvalue weighted by atomic mass is 9.79. The van der Waals surface area contributed by atoms with Crippen LogP contribution in [0.1, 0.15) is 53.2 Å². The van der Waals surface area contributed by atoms with Gasteiger partial charge >= 0.3 is 0 Å². The number of aromatic nitrogens is 3. The van der Waals surface area contributed by atoms with Crippen LogP contribution in [-0.4, -0.2) is 59.6 Å². The molecule has 0 aromatic carbocycles. The average Bonchev–Trinajstić information content (AvgIpc) is 2.89. The van der Waals surface area contributed by atoms with Gasteiger partial charge in [-0.3, -0.25) is 9.79 Å². The molecule has 4 heterocycles. The second-order valence-corrected chi connectivity index (χ2v) is 9.16. The molecule has 2 atom stereocenters. The Morgan fingerprint density at radius 2 is 2.03 bits per heavy atom. The van der Waals surface area contributed by atoms with Gasteiger partial charge in [-0.15, -0.1) is 10.2 Å². The van der Waals surface area contributed by atoms with Gasteiger partial charge in [-0.05, 0) is 54.5 Å². The topological polar surface area (TPSA) is 116 Å². The van der Waals surface area contributed by atoms with Crippen LogP contribution in [0, 0.1) is 6.92 Å². The maximum absolute atomic E-state index is 12.3. The molecular weight excluding hydrogens is 444 g/mol. The molecule has 9 heteroatoms. The smallest absolute Gasteiger partial charge is 0.269 e. The predicted molar refractivity (Wildman–Crippen MR) is 133 cm³/mol. The van der Waals surface area contributed by atoms with Crippen molar-refractivity contribution in [3.8, 4) is 11.6 Å². The normalized spacial score (nSPS) is 21.9. The summed E-state index contributed by atoms with van der Waals surface area (Å²) in [5, 5.41) is 8.75. The van der Waals surface area contributed by atoms with Crippen LogP contribution in [0.3, 0.4) is 0 Å². The van der Waals surface area contributed by atoms with E-state index in [0.717, 1.165) is 61.5 Å². The van der Waals surface area contributed by atoms with Gasteiger partial charge in [-0.25, -0.2) is 4.98 Å². The van der Waals surface area contributed by atoms with Crippen LogP contribution < -0.4 is 20.1 Å². The minimum absolute atomic E-state index is 0.0955. The van der Waals surface area contributed by atoms with Gasteiger partial charge in [0.2, 0.25) is 5.88 Å². The molecule has 1 aliphatic carbocycles. The molecule has 0 spiro atoms. The average molecular weight is 475 g/mol. The molecule has 2 aromatic rings. The number of nitrogens with zero attached hydrogens (tertiary/aromatic N) is 5. The first kappa shape index (κ1) is 23.0. The minimum atomic E-state index is -0.538. The van der Waals surface area contributed by atoms with Crippen LogP contribution in [0.25, 0.3) is 0 Å². The SMILES string of the molecule is COc1ccc(OC2CCN(c3nnc(C(N)=O)c(C4CC=C5C=CC=NC5C4)c3C)CC2)cn1. The Bertz CT molecular complexity index is 1180. The summed E-state index contributed by atoms with van der Waals surface area (Å²) >= 11 is 0. The van der Waals surface area contributed by atoms with E-state index in [2.05, 4.69) is 37.2 Å². The highest BCUT2D eigenvalue weighted by Crippen LogP contribution is 2.39. The van der Waals surface area contributed by atoms with Crippen molar-refractivity contribution in [3.63, 3.8) is 0 Å². The minimum Gasteiger partial charge on any atom is -0.489 e. The van der Waals surface area contributed by atoms with E-state index < -0.39 is 5.91 Å². The first-order valence-electron chi connectivity index (χ1n) is 12.0. The highest BCUT2D eigenvalue weighted by molar-refractivity contribution is 5.93. The summed E-state index contributed by atoms with van der Waals surface area (Å²) in [4.78, 5) is 23.3. The molecule has 2 unspecified atom stereocenters. The predicted octanol–water partition coefficient (Wildman–Crippen LogP) is 3.15. The van der Waals surface area contributed by atoms with E-state index in [1.165, 1.54) is 5.57 Å². The van der Waals surface area contributed by atoms with Gasteiger partial charge in [0.25, 0.3) is 5.91 Å². The summed E-state index contributed by atoms with van der Waals surface area (Å²) in [7, 11) is 1.59. The molecule has 5 rings (SSSR count). The van der Waals surface area contributed by atoms with Crippen LogP contribution in [0.4, 0.5) is 5.82 Å². The van der Waals surface area contributed by atoms with E-state index in [-0.39, 0.29) is 23.8 Å². The molecule has 35 heavy (non-hydrogen) atoms. The summed E-state index contributed by atoms with van der Waals surface area (Å²) in [6.07, 6.45) is 13.3. The molecular formula is C26H30N6O3. The molecule has 1 fully saturated rings. The molecule has 2 aromatic heterocycles. The molecule has 0 radical (unpaired) electrons. The third-order valence-electron chi connectivity index (χ3n) is 7.01. The van der Waals surface area contributed by atoms with Crippen molar-refractivity contribution in [1.82, 2.24) is 15.2 Å². The summed E-state index contributed by atoms with van der Waals surface area (Å²) in [5.74, 6) is 1.69. The Kier molecular flexibility index (Phi) is 6.48. The first-order valence-corrected chi connectivity index (χ1v) is 12.0. The molecule has 0 bridgehead atoms. The van der Waals surface area contributed by atoms with Crippen molar-refractivity contribution in [1.29, 1.82) is 0 Å². The number of anilines is 1. The van der Waals surface area contributed by atoms with E-state index in [1.54, 1.807) is 19.4 Å². The summed E-state index contributed by atoms with van der Waals surface area (Å²) in [6.45, 7) is 3.60. The second kappa shape index (κ2) is 9.85. The van der Waals surface area contributed by atoms with Crippen LogP contribution in [0.15, 0.2) is 47.1 Å². The molecule has 2 aliphatic heterocycles. The van der Waals surface area contributed by atoms with Crippen LogP contribution in [0.5, 0.6) is 11.6 Å². The number of dihydropyridines is 1. The number of rotatable bonds is 6. The molecule has 182 valence electrons. The lowest BCUT2D eigenvalue weighted by Crippen LogP contribution is -2.39. The highest BCUT2D eigenvalue weighted by atomic mass is 16.5. The number of hydrogen-bond donors (Lipinski definition) is 1. The third kappa shape index (κ3) is 4.76. The highest BCUT2D eigenvalue weighted by Gasteiger charge is 2.32. The number of primary amides is 1. The second-order valence-electron chi connectivity index (χ2n) is 9.16. The summed E-state index contributed by atoms with van der Waals surface area (Å²) in [6, 6.07) is 3.78. The number of allylic oxidation sites excluding steroid dienone is 2. The van der Waals surface area contributed by atoms with Gasteiger partial charge in [-0.1, -0.05) is 12.2 Å². The van der Waals surface area contributed by atoms with Crippen LogP contribution >= 0.6 is 0 Å².